The normalized spacial score (nSPS) is 11.6. The van der Waals surface area contributed by atoms with Crippen LogP contribution in [0.3, 0.4) is 0 Å². The van der Waals surface area contributed by atoms with Crippen LogP contribution in [0.25, 0.3) is 0 Å². The number of unbranched alkanes of at least 4 members (excludes halogenated alkanes) is 15. The van der Waals surface area contributed by atoms with Crippen LogP contribution in [0.15, 0.2) is 0 Å². The number of hydrogen-bond acceptors (Lipinski definition) is 2. The molecule has 2 N–H and O–H groups in total. The van der Waals surface area contributed by atoms with Crippen LogP contribution in [0.5, 0.6) is 0 Å². The molecule has 0 spiro atoms. The van der Waals surface area contributed by atoms with Crippen molar-refractivity contribution in [2.45, 2.75) is 116 Å². The zero-order chi connectivity index (χ0) is 19.7. The van der Waals surface area contributed by atoms with Crippen LogP contribution < -0.4 is 0 Å². The van der Waals surface area contributed by atoms with Crippen molar-refractivity contribution < 1.29 is 19.8 Å². The van der Waals surface area contributed by atoms with Gasteiger partial charge in [0.2, 0.25) is 0 Å². The molecule has 0 aromatic carbocycles. The maximum atomic E-state index is 11.1. The van der Waals surface area contributed by atoms with Crippen LogP contribution >= 0.6 is 0 Å². The Hall–Kier alpha value is -1.06. The van der Waals surface area contributed by atoms with Gasteiger partial charge in [-0.25, -0.2) is 0 Å². The number of aliphatic carboxylic acids is 2. The lowest BCUT2D eigenvalue weighted by Gasteiger charge is -2.19. The smallest absolute Gasteiger partial charge is 0.320 e. The van der Waals surface area contributed by atoms with Gasteiger partial charge in [-0.15, -0.1) is 0 Å². The maximum Gasteiger partial charge on any atom is 0.320 e. The van der Waals surface area contributed by atoms with Gasteiger partial charge in [0, 0.05) is 0 Å². The summed E-state index contributed by atoms with van der Waals surface area (Å²) in [5.41, 5.74) is -1.63. The molecule has 0 saturated carbocycles. The second-order valence-electron chi connectivity index (χ2n) is 7.85. The Balaban J connectivity index is 3.34. The van der Waals surface area contributed by atoms with E-state index in [4.69, 9.17) is 10.2 Å². The van der Waals surface area contributed by atoms with Crippen molar-refractivity contribution in [2.75, 3.05) is 0 Å². The van der Waals surface area contributed by atoms with Crippen molar-refractivity contribution in [1.29, 1.82) is 0 Å². The minimum absolute atomic E-state index is 0.215. The molecular weight excluding hydrogens is 328 g/mol. The highest BCUT2D eigenvalue weighted by molar-refractivity contribution is 5.97. The summed E-state index contributed by atoms with van der Waals surface area (Å²) in [7, 11) is 0. The summed E-state index contributed by atoms with van der Waals surface area (Å²) >= 11 is 0. The molecule has 0 saturated heterocycles. The van der Waals surface area contributed by atoms with Gasteiger partial charge in [0.15, 0.2) is 5.41 Å². The third-order valence-corrected chi connectivity index (χ3v) is 5.37. The van der Waals surface area contributed by atoms with Crippen LogP contribution in [0, 0.1) is 12.3 Å². The summed E-state index contributed by atoms with van der Waals surface area (Å²) in [5.74, 6) is -2.47. The minimum Gasteiger partial charge on any atom is -0.480 e. The fourth-order valence-corrected chi connectivity index (χ4v) is 3.26. The third-order valence-electron chi connectivity index (χ3n) is 5.37. The number of carboxylic acid groups (broad SMARTS) is 2. The van der Waals surface area contributed by atoms with Gasteiger partial charge in [0.1, 0.15) is 0 Å². The van der Waals surface area contributed by atoms with Crippen LogP contribution in [0.1, 0.15) is 116 Å². The summed E-state index contributed by atoms with van der Waals surface area (Å²) in [6.07, 6.45) is 19.8. The van der Waals surface area contributed by atoms with Gasteiger partial charge in [0.25, 0.3) is 0 Å². The zero-order valence-electron chi connectivity index (χ0n) is 16.9. The predicted molar refractivity (Wildman–Crippen MR) is 107 cm³/mol. The van der Waals surface area contributed by atoms with Crippen molar-refractivity contribution in [3.63, 3.8) is 0 Å². The summed E-state index contributed by atoms with van der Waals surface area (Å²) < 4.78 is 0. The summed E-state index contributed by atoms with van der Waals surface area (Å²) in [5, 5.41) is 18.1. The topological polar surface area (TPSA) is 74.6 Å². The first-order chi connectivity index (χ1) is 12.4. The first kappa shape index (κ1) is 24.9. The lowest BCUT2D eigenvalue weighted by atomic mass is 9.85. The first-order valence-electron chi connectivity index (χ1n) is 10.7. The Labute approximate surface area is 160 Å². The zero-order valence-corrected chi connectivity index (χ0v) is 16.9. The SMILES string of the molecule is [CH2]CCCCCCCCCCCCCCCCCC(C)(C(=O)O)C(=O)O. The van der Waals surface area contributed by atoms with Gasteiger partial charge in [-0.2, -0.15) is 0 Å². The van der Waals surface area contributed by atoms with E-state index in [1.54, 1.807) is 0 Å². The van der Waals surface area contributed by atoms with Crippen LogP contribution in [0.4, 0.5) is 0 Å². The molecule has 0 aliphatic rings. The molecule has 0 bridgehead atoms. The summed E-state index contributed by atoms with van der Waals surface area (Å²) in [6, 6.07) is 0. The molecule has 1 radical (unpaired) electrons. The molecule has 0 fully saturated rings. The van der Waals surface area contributed by atoms with E-state index >= 15 is 0 Å². The Kier molecular flexibility index (Phi) is 15.5. The van der Waals surface area contributed by atoms with Gasteiger partial charge in [-0.3, -0.25) is 9.59 Å². The number of hydrogen-bond donors (Lipinski definition) is 2. The monoisotopic (exact) mass is 369 g/mol. The van der Waals surface area contributed by atoms with Crippen LogP contribution in [-0.4, -0.2) is 22.2 Å². The van der Waals surface area contributed by atoms with Crippen molar-refractivity contribution in [3.8, 4) is 0 Å². The third kappa shape index (κ3) is 12.3. The van der Waals surface area contributed by atoms with Crippen LogP contribution in [0.2, 0.25) is 0 Å². The average molecular weight is 370 g/mol. The standard InChI is InChI=1S/C22H41O4/c1-3-4-5-6-7-8-9-10-11-12-13-14-15-16-17-18-19-22(2,20(23)24)21(25)26/h1,3-19H2,2H3,(H,23,24)(H,25,26). The van der Waals surface area contributed by atoms with E-state index in [2.05, 4.69) is 6.92 Å². The number of carbonyl (C=O) groups is 2. The van der Waals surface area contributed by atoms with E-state index in [-0.39, 0.29) is 6.42 Å². The van der Waals surface area contributed by atoms with Gasteiger partial charge < -0.3 is 10.2 Å². The fraction of sp³-hybridized carbons (Fsp3) is 0.864. The van der Waals surface area contributed by atoms with Gasteiger partial charge >= 0.3 is 11.9 Å². The highest BCUT2D eigenvalue weighted by atomic mass is 16.4. The van der Waals surface area contributed by atoms with E-state index in [1.165, 1.54) is 84.0 Å². The van der Waals surface area contributed by atoms with E-state index in [1.807, 2.05) is 0 Å². The highest BCUT2D eigenvalue weighted by Crippen LogP contribution is 2.25. The summed E-state index contributed by atoms with van der Waals surface area (Å²) in [6.45, 7) is 5.17. The number of rotatable bonds is 19. The molecule has 0 heterocycles. The molecule has 0 aromatic rings. The van der Waals surface area contributed by atoms with Crippen molar-refractivity contribution >= 4 is 11.9 Å². The quantitative estimate of drug-likeness (QED) is 0.198. The molecule has 0 aromatic heterocycles. The Morgan fingerprint density at radius 2 is 0.885 bits per heavy atom. The molecule has 0 unspecified atom stereocenters. The molecule has 0 aliphatic heterocycles. The minimum atomic E-state index is -1.63. The predicted octanol–water partition coefficient (Wildman–Crippen LogP) is 6.63. The molecule has 4 heteroatoms. The van der Waals surface area contributed by atoms with E-state index in [9.17, 15) is 9.59 Å². The maximum absolute atomic E-state index is 11.1. The van der Waals surface area contributed by atoms with Gasteiger partial charge in [0.05, 0.1) is 0 Å². The molecule has 0 rings (SSSR count). The number of carboxylic acids is 2. The molecular formula is C22H41O4. The second-order valence-corrected chi connectivity index (χ2v) is 7.85. The fourth-order valence-electron chi connectivity index (χ4n) is 3.26. The molecule has 4 nitrogen and oxygen atoms in total. The molecule has 153 valence electrons. The average Bonchev–Trinajstić information content (AvgIpc) is 2.60. The lowest BCUT2D eigenvalue weighted by Crippen LogP contribution is -2.36. The first-order valence-corrected chi connectivity index (χ1v) is 10.7. The Bertz CT molecular complexity index is 351. The Morgan fingerprint density at radius 1 is 0.615 bits per heavy atom. The second kappa shape index (κ2) is 16.1. The summed E-state index contributed by atoms with van der Waals surface area (Å²) in [4.78, 5) is 22.1. The van der Waals surface area contributed by atoms with Crippen molar-refractivity contribution in [3.05, 3.63) is 6.92 Å². The van der Waals surface area contributed by atoms with E-state index in [0.29, 0.717) is 6.42 Å². The Morgan fingerprint density at radius 3 is 1.15 bits per heavy atom. The highest BCUT2D eigenvalue weighted by Gasteiger charge is 2.40. The molecule has 0 amide bonds. The van der Waals surface area contributed by atoms with Crippen molar-refractivity contribution in [2.24, 2.45) is 5.41 Å². The molecule has 26 heavy (non-hydrogen) atoms. The van der Waals surface area contributed by atoms with Crippen LogP contribution in [-0.2, 0) is 9.59 Å². The van der Waals surface area contributed by atoms with E-state index in [0.717, 1.165) is 19.3 Å². The van der Waals surface area contributed by atoms with Gasteiger partial charge in [-0.05, 0) is 13.3 Å². The molecule has 0 aliphatic carbocycles. The van der Waals surface area contributed by atoms with Gasteiger partial charge in [-0.1, -0.05) is 110 Å². The van der Waals surface area contributed by atoms with E-state index < -0.39 is 17.4 Å². The molecule has 0 atom stereocenters. The lowest BCUT2D eigenvalue weighted by molar-refractivity contribution is -0.163. The largest absolute Gasteiger partial charge is 0.480 e. The van der Waals surface area contributed by atoms with Crippen molar-refractivity contribution in [1.82, 2.24) is 0 Å².